The van der Waals surface area contributed by atoms with E-state index >= 15 is 0 Å². The molecule has 0 aromatic heterocycles. The quantitative estimate of drug-likeness (QED) is 0.0631. The highest BCUT2D eigenvalue weighted by molar-refractivity contribution is 5.76. The Hall–Kier alpha value is -0.870. The second-order valence-corrected chi connectivity index (χ2v) is 11.6. The Morgan fingerprint density at radius 3 is 1.37 bits per heavy atom. The molecule has 38 heavy (non-hydrogen) atoms. The van der Waals surface area contributed by atoms with Gasteiger partial charge in [-0.1, -0.05) is 167 Å². The summed E-state index contributed by atoms with van der Waals surface area (Å²) in [6.07, 6.45) is 36.1. The molecule has 0 aromatic carbocycles. The van der Waals surface area contributed by atoms with Crippen LogP contribution in [0.4, 0.5) is 0 Å². The first-order valence-corrected chi connectivity index (χ1v) is 16.9. The molecule has 0 aliphatic carbocycles. The number of hydrogen-bond donors (Lipinski definition) is 3. The van der Waals surface area contributed by atoms with E-state index in [-0.39, 0.29) is 12.5 Å². The fraction of sp³-hybridized carbons (Fsp3) is 0.912. The highest BCUT2D eigenvalue weighted by Crippen LogP contribution is 2.15. The zero-order valence-electron chi connectivity index (χ0n) is 25.7. The zero-order valence-corrected chi connectivity index (χ0v) is 25.7. The molecular formula is C34H67NO3. The van der Waals surface area contributed by atoms with Crippen molar-refractivity contribution in [2.24, 2.45) is 0 Å². The third-order valence-electron chi connectivity index (χ3n) is 7.77. The van der Waals surface area contributed by atoms with Gasteiger partial charge in [-0.15, -0.1) is 0 Å². The van der Waals surface area contributed by atoms with Crippen LogP contribution in [0.3, 0.4) is 0 Å². The van der Waals surface area contributed by atoms with E-state index in [1.54, 1.807) is 6.08 Å². The molecule has 0 rings (SSSR count). The van der Waals surface area contributed by atoms with Gasteiger partial charge in [-0.2, -0.15) is 0 Å². The van der Waals surface area contributed by atoms with E-state index in [2.05, 4.69) is 19.2 Å². The van der Waals surface area contributed by atoms with Crippen LogP contribution in [0.15, 0.2) is 12.2 Å². The largest absolute Gasteiger partial charge is 0.394 e. The van der Waals surface area contributed by atoms with Crippen LogP contribution in [-0.4, -0.2) is 34.9 Å². The van der Waals surface area contributed by atoms with Crippen LogP contribution in [0.25, 0.3) is 0 Å². The number of hydrogen-bond acceptors (Lipinski definition) is 3. The first-order valence-electron chi connectivity index (χ1n) is 16.9. The van der Waals surface area contributed by atoms with Crippen molar-refractivity contribution in [1.82, 2.24) is 5.32 Å². The SMILES string of the molecule is CCCCCCCCCCCCCCCCCCCCC/C=C/C(O)C(CO)NC(=O)CCCCCCC. The fourth-order valence-electron chi connectivity index (χ4n) is 5.12. The van der Waals surface area contributed by atoms with Crippen molar-refractivity contribution >= 4 is 5.91 Å². The van der Waals surface area contributed by atoms with Crippen LogP contribution >= 0.6 is 0 Å². The Morgan fingerprint density at radius 2 is 0.974 bits per heavy atom. The molecule has 0 bridgehead atoms. The van der Waals surface area contributed by atoms with Gasteiger partial charge in [0.1, 0.15) is 0 Å². The molecule has 0 fully saturated rings. The Labute approximate surface area is 237 Å². The summed E-state index contributed by atoms with van der Waals surface area (Å²) in [5.41, 5.74) is 0. The fourth-order valence-corrected chi connectivity index (χ4v) is 5.12. The van der Waals surface area contributed by atoms with Crippen LogP contribution < -0.4 is 5.32 Å². The molecule has 3 N–H and O–H groups in total. The zero-order chi connectivity index (χ0) is 27.9. The average Bonchev–Trinajstić information content (AvgIpc) is 2.92. The third kappa shape index (κ3) is 26.7. The predicted octanol–water partition coefficient (Wildman–Crippen LogP) is 9.56. The van der Waals surface area contributed by atoms with Crippen LogP contribution in [0, 0.1) is 0 Å². The molecule has 4 nitrogen and oxygen atoms in total. The molecular weight excluding hydrogens is 470 g/mol. The molecule has 0 saturated heterocycles. The monoisotopic (exact) mass is 538 g/mol. The summed E-state index contributed by atoms with van der Waals surface area (Å²) < 4.78 is 0. The molecule has 0 aromatic rings. The molecule has 0 radical (unpaired) electrons. The molecule has 1 amide bonds. The minimum atomic E-state index is -0.829. The summed E-state index contributed by atoms with van der Waals surface area (Å²) in [4.78, 5) is 12.1. The van der Waals surface area contributed by atoms with Crippen molar-refractivity contribution in [3.63, 3.8) is 0 Å². The topological polar surface area (TPSA) is 69.6 Å². The maximum absolute atomic E-state index is 12.1. The van der Waals surface area contributed by atoms with Crippen LogP contribution in [0.1, 0.15) is 181 Å². The normalized spacial score (nSPS) is 13.3. The number of amides is 1. The minimum Gasteiger partial charge on any atom is -0.394 e. The third-order valence-corrected chi connectivity index (χ3v) is 7.77. The lowest BCUT2D eigenvalue weighted by Gasteiger charge is -2.20. The molecule has 2 atom stereocenters. The summed E-state index contributed by atoms with van der Waals surface area (Å²) >= 11 is 0. The van der Waals surface area contributed by atoms with E-state index in [9.17, 15) is 15.0 Å². The number of allylic oxidation sites excluding steroid dienone is 1. The molecule has 0 spiro atoms. The van der Waals surface area contributed by atoms with Gasteiger partial charge in [0.2, 0.25) is 5.91 Å². The van der Waals surface area contributed by atoms with Gasteiger partial charge in [-0.25, -0.2) is 0 Å². The highest BCUT2D eigenvalue weighted by Gasteiger charge is 2.17. The van der Waals surface area contributed by atoms with Gasteiger partial charge in [0, 0.05) is 6.42 Å². The Bertz CT molecular complexity index is 508. The summed E-state index contributed by atoms with van der Waals surface area (Å²) in [5, 5.41) is 22.6. The number of rotatable bonds is 30. The Kier molecular flexibility index (Phi) is 30.0. The average molecular weight is 538 g/mol. The van der Waals surface area contributed by atoms with E-state index in [0.29, 0.717) is 6.42 Å². The second-order valence-electron chi connectivity index (χ2n) is 11.6. The number of unbranched alkanes of at least 4 members (excludes halogenated alkanes) is 23. The maximum Gasteiger partial charge on any atom is 0.220 e. The number of carbonyl (C=O) groups is 1. The van der Waals surface area contributed by atoms with E-state index in [0.717, 1.165) is 32.1 Å². The number of aliphatic hydroxyl groups is 2. The summed E-state index contributed by atoms with van der Waals surface area (Å²) in [7, 11) is 0. The first kappa shape index (κ1) is 37.1. The van der Waals surface area contributed by atoms with Crippen molar-refractivity contribution in [3.05, 3.63) is 12.2 Å². The molecule has 2 unspecified atom stereocenters. The van der Waals surface area contributed by atoms with Crippen LogP contribution in [0.5, 0.6) is 0 Å². The van der Waals surface area contributed by atoms with Gasteiger partial charge in [0.25, 0.3) is 0 Å². The molecule has 226 valence electrons. The molecule has 0 aliphatic rings. The van der Waals surface area contributed by atoms with Crippen LogP contribution in [0.2, 0.25) is 0 Å². The van der Waals surface area contributed by atoms with E-state index in [1.165, 1.54) is 128 Å². The molecule has 4 heteroatoms. The Morgan fingerprint density at radius 1 is 0.605 bits per heavy atom. The lowest BCUT2D eigenvalue weighted by atomic mass is 10.0. The van der Waals surface area contributed by atoms with E-state index in [4.69, 9.17) is 0 Å². The lowest BCUT2D eigenvalue weighted by Crippen LogP contribution is -2.45. The van der Waals surface area contributed by atoms with E-state index < -0.39 is 12.1 Å². The van der Waals surface area contributed by atoms with Crippen molar-refractivity contribution in [3.8, 4) is 0 Å². The van der Waals surface area contributed by atoms with Crippen molar-refractivity contribution < 1.29 is 15.0 Å². The lowest BCUT2D eigenvalue weighted by molar-refractivity contribution is -0.123. The van der Waals surface area contributed by atoms with Gasteiger partial charge in [-0.05, 0) is 19.3 Å². The van der Waals surface area contributed by atoms with Crippen molar-refractivity contribution in [2.45, 2.75) is 193 Å². The number of nitrogens with one attached hydrogen (secondary N) is 1. The Balaban J connectivity index is 3.48. The standard InChI is InChI=1S/C34H67NO3/c1-3-5-7-9-10-11-12-13-14-15-16-17-18-19-20-21-22-23-24-26-27-29-33(37)32(31-36)35-34(38)30-28-25-8-6-4-2/h27,29,32-33,36-37H,3-26,28,30-31H2,1-2H3,(H,35,38)/b29-27+. The van der Waals surface area contributed by atoms with Gasteiger partial charge >= 0.3 is 0 Å². The number of carbonyl (C=O) groups excluding carboxylic acids is 1. The summed E-state index contributed by atoms with van der Waals surface area (Å²) in [6.45, 7) is 4.22. The molecule has 0 saturated carbocycles. The molecule has 0 aliphatic heterocycles. The smallest absolute Gasteiger partial charge is 0.220 e. The van der Waals surface area contributed by atoms with Gasteiger partial charge in [0.15, 0.2) is 0 Å². The van der Waals surface area contributed by atoms with Crippen molar-refractivity contribution in [1.29, 1.82) is 0 Å². The van der Waals surface area contributed by atoms with Crippen LogP contribution in [-0.2, 0) is 4.79 Å². The second kappa shape index (κ2) is 30.7. The maximum atomic E-state index is 12.1. The minimum absolute atomic E-state index is 0.0770. The van der Waals surface area contributed by atoms with Gasteiger partial charge in [0.05, 0.1) is 18.8 Å². The predicted molar refractivity (Wildman–Crippen MR) is 166 cm³/mol. The highest BCUT2D eigenvalue weighted by atomic mass is 16.3. The summed E-state index contributed by atoms with van der Waals surface area (Å²) in [6, 6.07) is -0.612. The molecule has 0 heterocycles. The first-order chi connectivity index (χ1) is 18.7. The van der Waals surface area contributed by atoms with Gasteiger partial charge < -0.3 is 15.5 Å². The number of aliphatic hydroxyl groups excluding tert-OH is 2. The summed E-state index contributed by atoms with van der Waals surface area (Å²) in [5.74, 6) is -0.0770. The van der Waals surface area contributed by atoms with Gasteiger partial charge in [-0.3, -0.25) is 4.79 Å². The van der Waals surface area contributed by atoms with E-state index in [1.807, 2.05) is 6.08 Å². The van der Waals surface area contributed by atoms with Crippen molar-refractivity contribution in [2.75, 3.05) is 6.61 Å².